The van der Waals surface area contributed by atoms with Gasteiger partial charge < -0.3 is 20.3 Å². The standard InChI is InChI=1S/C13H18N4O4/c1-21-11-4-2-3-10(13(11)17(19)20)15-9-12(18)16-7-5-14-6-8-16/h2-4,14-15H,5-9H2,1H3. The molecule has 8 heteroatoms. The molecule has 1 aromatic rings. The highest BCUT2D eigenvalue weighted by molar-refractivity contribution is 5.82. The van der Waals surface area contributed by atoms with Crippen LogP contribution in [0.3, 0.4) is 0 Å². The molecule has 114 valence electrons. The molecule has 0 radical (unpaired) electrons. The number of para-hydroxylation sites is 1. The zero-order chi connectivity index (χ0) is 15.2. The minimum atomic E-state index is -0.517. The Morgan fingerprint density at radius 2 is 2.19 bits per heavy atom. The molecule has 1 aliphatic heterocycles. The van der Waals surface area contributed by atoms with Crippen LogP contribution in [0.1, 0.15) is 0 Å². The lowest BCUT2D eigenvalue weighted by Crippen LogP contribution is -2.48. The number of nitro groups is 1. The third-order valence-corrected chi connectivity index (χ3v) is 3.30. The number of piperazine rings is 1. The van der Waals surface area contributed by atoms with Crippen molar-refractivity contribution < 1.29 is 14.5 Å². The molecule has 2 rings (SSSR count). The Morgan fingerprint density at radius 3 is 2.81 bits per heavy atom. The SMILES string of the molecule is COc1cccc(NCC(=O)N2CCNCC2)c1[N+](=O)[O-]. The average Bonchev–Trinajstić information content (AvgIpc) is 2.52. The second kappa shape index (κ2) is 6.89. The number of nitro benzene ring substituents is 1. The molecule has 1 heterocycles. The number of hydrogen-bond donors (Lipinski definition) is 2. The predicted molar refractivity (Wildman–Crippen MR) is 77.6 cm³/mol. The van der Waals surface area contributed by atoms with E-state index in [-0.39, 0.29) is 29.6 Å². The minimum absolute atomic E-state index is 0.0218. The van der Waals surface area contributed by atoms with Crippen LogP contribution >= 0.6 is 0 Å². The van der Waals surface area contributed by atoms with E-state index in [2.05, 4.69) is 10.6 Å². The van der Waals surface area contributed by atoms with Gasteiger partial charge in [0.1, 0.15) is 5.69 Å². The number of benzene rings is 1. The monoisotopic (exact) mass is 294 g/mol. The zero-order valence-corrected chi connectivity index (χ0v) is 11.8. The fourth-order valence-electron chi connectivity index (χ4n) is 2.21. The lowest BCUT2D eigenvalue weighted by molar-refractivity contribution is -0.384. The molecular weight excluding hydrogens is 276 g/mol. The van der Waals surface area contributed by atoms with Gasteiger partial charge in [-0.05, 0) is 12.1 Å². The van der Waals surface area contributed by atoms with Crippen LogP contribution in [0.25, 0.3) is 0 Å². The number of nitrogens with one attached hydrogen (secondary N) is 2. The summed E-state index contributed by atoms with van der Waals surface area (Å²) in [6.45, 7) is 2.87. The Hall–Kier alpha value is -2.35. The summed E-state index contributed by atoms with van der Waals surface area (Å²) in [6, 6.07) is 4.72. The van der Waals surface area contributed by atoms with Crippen LogP contribution in [-0.4, -0.2) is 55.6 Å². The summed E-state index contributed by atoms with van der Waals surface area (Å²) < 4.78 is 4.99. The third-order valence-electron chi connectivity index (χ3n) is 3.30. The smallest absolute Gasteiger partial charge is 0.333 e. The van der Waals surface area contributed by atoms with Crippen molar-refractivity contribution in [3.05, 3.63) is 28.3 Å². The molecule has 1 aliphatic rings. The molecule has 2 N–H and O–H groups in total. The highest BCUT2D eigenvalue weighted by Crippen LogP contribution is 2.34. The van der Waals surface area contributed by atoms with Crippen molar-refractivity contribution in [3.63, 3.8) is 0 Å². The number of methoxy groups -OCH3 is 1. The van der Waals surface area contributed by atoms with Crippen LogP contribution in [0.5, 0.6) is 5.75 Å². The second-order valence-corrected chi connectivity index (χ2v) is 4.60. The van der Waals surface area contributed by atoms with Gasteiger partial charge in [0.05, 0.1) is 18.6 Å². The topological polar surface area (TPSA) is 96.7 Å². The van der Waals surface area contributed by atoms with E-state index in [0.717, 1.165) is 13.1 Å². The second-order valence-electron chi connectivity index (χ2n) is 4.60. The maximum atomic E-state index is 12.0. The molecule has 0 aliphatic carbocycles. The molecule has 0 bridgehead atoms. The van der Waals surface area contributed by atoms with Gasteiger partial charge in [0.2, 0.25) is 5.91 Å². The van der Waals surface area contributed by atoms with Gasteiger partial charge in [-0.3, -0.25) is 14.9 Å². The minimum Gasteiger partial charge on any atom is -0.490 e. The van der Waals surface area contributed by atoms with Gasteiger partial charge in [0, 0.05) is 26.2 Å². The fourth-order valence-corrected chi connectivity index (χ4v) is 2.21. The van der Waals surface area contributed by atoms with E-state index in [4.69, 9.17) is 4.74 Å². The van der Waals surface area contributed by atoms with Crippen LogP contribution in [0, 0.1) is 10.1 Å². The molecule has 0 atom stereocenters. The van der Waals surface area contributed by atoms with Crippen LogP contribution in [0.2, 0.25) is 0 Å². The Bertz CT molecular complexity index is 529. The van der Waals surface area contributed by atoms with Crippen molar-refractivity contribution >= 4 is 17.3 Å². The van der Waals surface area contributed by atoms with Crippen molar-refractivity contribution in [2.45, 2.75) is 0 Å². The molecule has 0 aromatic heterocycles. The largest absolute Gasteiger partial charge is 0.490 e. The van der Waals surface area contributed by atoms with Crippen molar-refractivity contribution in [3.8, 4) is 5.75 Å². The summed E-state index contributed by atoms with van der Waals surface area (Å²) in [7, 11) is 1.37. The number of hydrogen-bond acceptors (Lipinski definition) is 6. The van der Waals surface area contributed by atoms with Gasteiger partial charge in [-0.2, -0.15) is 0 Å². The van der Waals surface area contributed by atoms with E-state index >= 15 is 0 Å². The van der Waals surface area contributed by atoms with Crippen LogP contribution in [-0.2, 0) is 4.79 Å². The number of anilines is 1. The molecule has 0 spiro atoms. The number of carbonyl (C=O) groups excluding carboxylic acids is 1. The number of carbonyl (C=O) groups is 1. The summed E-state index contributed by atoms with van der Waals surface area (Å²) in [5.74, 6) is 0.0910. The Balaban J connectivity index is 2.05. The van der Waals surface area contributed by atoms with E-state index in [1.54, 1.807) is 17.0 Å². The van der Waals surface area contributed by atoms with Gasteiger partial charge in [0.15, 0.2) is 5.75 Å². The Labute approximate surface area is 122 Å². The van der Waals surface area contributed by atoms with Crippen LogP contribution < -0.4 is 15.4 Å². The Kier molecular flexibility index (Phi) is 4.94. The van der Waals surface area contributed by atoms with Crippen molar-refractivity contribution in [1.82, 2.24) is 10.2 Å². The fraction of sp³-hybridized carbons (Fsp3) is 0.462. The highest BCUT2D eigenvalue weighted by Gasteiger charge is 2.22. The van der Waals surface area contributed by atoms with Gasteiger partial charge in [-0.25, -0.2) is 0 Å². The highest BCUT2D eigenvalue weighted by atomic mass is 16.6. The van der Waals surface area contributed by atoms with Crippen molar-refractivity contribution in [1.29, 1.82) is 0 Å². The summed E-state index contributed by atoms with van der Waals surface area (Å²) >= 11 is 0. The Morgan fingerprint density at radius 1 is 1.48 bits per heavy atom. The summed E-state index contributed by atoms with van der Waals surface area (Å²) in [4.78, 5) is 24.4. The summed E-state index contributed by atoms with van der Waals surface area (Å²) in [5, 5.41) is 17.1. The maximum Gasteiger partial charge on any atom is 0.333 e. The van der Waals surface area contributed by atoms with Gasteiger partial charge in [-0.15, -0.1) is 0 Å². The average molecular weight is 294 g/mol. The molecule has 1 fully saturated rings. The number of amides is 1. The van der Waals surface area contributed by atoms with Crippen molar-refractivity contribution in [2.75, 3.05) is 45.2 Å². The zero-order valence-electron chi connectivity index (χ0n) is 11.8. The van der Waals surface area contributed by atoms with Crippen molar-refractivity contribution in [2.24, 2.45) is 0 Å². The number of rotatable bonds is 5. The van der Waals surface area contributed by atoms with E-state index in [1.165, 1.54) is 13.2 Å². The lowest BCUT2D eigenvalue weighted by atomic mass is 10.2. The molecule has 1 saturated heterocycles. The van der Waals surface area contributed by atoms with Crippen LogP contribution in [0.15, 0.2) is 18.2 Å². The number of nitrogens with zero attached hydrogens (tertiary/aromatic N) is 2. The summed E-state index contributed by atoms with van der Waals surface area (Å²) in [5.41, 5.74) is 0.121. The van der Waals surface area contributed by atoms with E-state index in [0.29, 0.717) is 13.1 Å². The van der Waals surface area contributed by atoms with E-state index in [1.807, 2.05) is 0 Å². The molecule has 0 unspecified atom stereocenters. The normalized spacial score (nSPS) is 14.6. The first-order valence-electron chi connectivity index (χ1n) is 6.67. The third kappa shape index (κ3) is 3.60. The summed E-state index contributed by atoms with van der Waals surface area (Å²) in [6.07, 6.45) is 0. The van der Waals surface area contributed by atoms with Crippen LogP contribution in [0.4, 0.5) is 11.4 Å². The molecule has 1 aromatic carbocycles. The quantitative estimate of drug-likeness (QED) is 0.604. The van der Waals surface area contributed by atoms with E-state index in [9.17, 15) is 14.9 Å². The first-order valence-corrected chi connectivity index (χ1v) is 6.67. The maximum absolute atomic E-state index is 12.0. The molecule has 0 saturated carbocycles. The first-order chi connectivity index (χ1) is 10.1. The van der Waals surface area contributed by atoms with E-state index < -0.39 is 4.92 Å². The number of ether oxygens (including phenoxy) is 1. The van der Waals surface area contributed by atoms with Gasteiger partial charge >= 0.3 is 5.69 Å². The first kappa shape index (κ1) is 15.0. The molecule has 1 amide bonds. The molecule has 8 nitrogen and oxygen atoms in total. The predicted octanol–water partition coefficient (Wildman–Crippen LogP) is 0.447. The molecule has 21 heavy (non-hydrogen) atoms. The lowest BCUT2D eigenvalue weighted by Gasteiger charge is -2.27. The van der Waals surface area contributed by atoms with Gasteiger partial charge in [-0.1, -0.05) is 6.07 Å². The molecular formula is C13H18N4O4. The van der Waals surface area contributed by atoms with Gasteiger partial charge in [0.25, 0.3) is 0 Å².